The lowest BCUT2D eigenvalue weighted by Gasteiger charge is -2.29. The molecule has 0 amide bonds. The Kier molecular flexibility index (Phi) is 5.82. The second-order valence-electron chi connectivity index (χ2n) is 5.80. The van der Waals surface area contributed by atoms with Gasteiger partial charge in [-0.2, -0.15) is 0 Å². The van der Waals surface area contributed by atoms with Gasteiger partial charge >= 0.3 is 0 Å². The Morgan fingerprint density at radius 3 is 2.55 bits per heavy atom. The van der Waals surface area contributed by atoms with Crippen molar-refractivity contribution in [2.24, 2.45) is 0 Å². The summed E-state index contributed by atoms with van der Waals surface area (Å²) in [6.45, 7) is 0.748. The van der Waals surface area contributed by atoms with E-state index in [4.69, 9.17) is 4.74 Å². The van der Waals surface area contributed by atoms with Crippen LogP contribution < -0.4 is 5.32 Å². The fourth-order valence-corrected chi connectivity index (χ4v) is 3.35. The van der Waals surface area contributed by atoms with E-state index in [0.717, 1.165) is 37.9 Å². The second-order valence-corrected chi connectivity index (χ2v) is 5.80. The standard InChI is InChI=1S/C16H22FNO.ClH/c17-16-6-2-1-4-12(16)5-3-9-19-15-10-13-7-8-14(11-15)18-13;/h1-2,4,6,13-15,18H,3,5,7-11H2;1H/t13-,14+,15?;. The summed E-state index contributed by atoms with van der Waals surface area (Å²) in [6.07, 6.45) is 7.00. The Bertz CT molecular complexity index is 417. The first kappa shape index (κ1) is 15.7. The van der Waals surface area contributed by atoms with E-state index < -0.39 is 0 Å². The molecule has 0 spiro atoms. The van der Waals surface area contributed by atoms with E-state index in [9.17, 15) is 4.39 Å². The highest BCUT2D eigenvalue weighted by molar-refractivity contribution is 5.85. The van der Waals surface area contributed by atoms with Crippen LogP contribution in [-0.4, -0.2) is 24.8 Å². The SMILES string of the molecule is Cl.Fc1ccccc1CCCOC1C[C@H]2CC[C@@H](C1)N2. The Balaban J connectivity index is 0.00000147. The van der Waals surface area contributed by atoms with Gasteiger partial charge in [0.2, 0.25) is 0 Å². The van der Waals surface area contributed by atoms with E-state index in [1.165, 1.54) is 18.9 Å². The van der Waals surface area contributed by atoms with Gasteiger partial charge in [0.05, 0.1) is 6.10 Å². The number of ether oxygens (including phenoxy) is 1. The molecule has 1 unspecified atom stereocenters. The Morgan fingerprint density at radius 2 is 1.85 bits per heavy atom. The van der Waals surface area contributed by atoms with Gasteiger partial charge in [0.1, 0.15) is 5.82 Å². The maximum Gasteiger partial charge on any atom is 0.126 e. The zero-order chi connectivity index (χ0) is 13.1. The monoisotopic (exact) mass is 299 g/mol. The topological polar surface area (TPSA) is 21.3 Å². The minimum Gasteiger partial charge on any atom is -0.378 e. The van der Waals surface area contributed by atoms with Gasteiger partial charge in [0, 0.05) is 18.7 Å². The van der Waals surface area contributed by atoms with Crippen LogP contribution in [0.2, 0.25) is 0 Å². The molecule has 0 aliphatic carbocycles. The minimum atomic E-state index is -0.0950. The molecule has 1 aromatic carbocycles. The summed E-state index contributed by atoms with van der Waals surface area (Å²) in [5.74, 6) is -0.0950. The van der Waals surface area contributed by atoms with Crippen LogP contribution in [0.25, 0.3) is 0 Å². The normalized spacial score (nSPS) is 28.1. The number of fused-ring (bicyclic) bond motifs is 2. The largest absolute Gasteiger partial charge is 0.378 e. The molecule has 20 heavy (non-hydrogen) atoms. The number of aryl methyl sites for hydroxylation is 1. The van der Waals surface area contributed by atoms with Crippen LogP contribution in [0.3, 0.4) is 0 Å². The third-order valence-corrected chi connectivity index (χ3v) is 4.33. The molecule has 3 rings (SSSR count). The van der Waals surface area contributed by atoms with E-state index in [2.05, 4.69) is 5.32 Å². The third-order valence-electron chi connectivity index (χ3n) is 4.33. The van der Waals surface area contributed by atoms with Crippen LogP contribution in [0.4, 0.5) is 4.39 Å². The summed E-state index contributed by atoms with van der Waals surface area (Å²) in [4.78, 5) is 0. The van der Waals surface area contributed by atoms with Crippen LogP contribution >= 0.6 is 12.4 Å². The van der Waals surface area contributed by atoms with Crippen molar-refractivity contribution < 1.29 is 9.13 Å². The minimum absolute atomic E-state index is 0. The number of hydrogen-bond donors (Lipinski definition) is 1. The van der Waals surface area contributed by atoms with E-state index in [1.807, 2.05) is 12.1 Å². The lowest BCUT2D eigenvalue weighted by Crippen LogP contribution is -2.41. The summed E-state index contributed by atoms with van der Waals surface area (Å²) in [5.41, 5.74) is 0.802. The van der Waals surface area contributed by atoms with Gasteiger partial charge in [-0.25, -0.2) is 4.39 Å². The van der Waals surface area contributed by atoms with Crippen molar-refractivity contribution in [3.63, 3.8) is 0 Å². The maximum atomic E-state index is 13.4. The van der Waals surface area contributed by atoms with Crippen LogP contribution in [0.15, 0.2) is 24.3 Å². The fraction of sp³-hybridized carbons (Fsp3) is 0.625. The highest BCUT2D eigenvalue weighted by Gasteiger charge is 2.33. The molecule has 2 aliphatic heterocycles. The molecule has 112 valence electrons. The molecule has 0 aromatic heterocycles. The lowest BCUT2D eigenvalue weighted by atomic mass is 10.0. The molecule has 1 aromatic rings. The van der Waals surface area contributed by atoms with E-state index in [-0.39, 0.29) is 18.2 Å². The van der Waals surface area contributed by atoms with Gasteiger partial charge in [-0.05, 0) is 50.2 Å². The lowest BCUT2D eigenvalue weighted by molar-refractivity contribution is 0.0192. The van der Waals surface area contributed by atoms with Gasteiger partial charge < -0.3 is 10.1 Å². The summed E-state index contributed by atoms with van der Waals surface area (Å²) in [5, 5.41) is 3.61. The molecular formula is C16H23ClFNO. The van der Waals surface area contributed by atoms with Crippen molar-refractivity contribution in [2.45, 2.75) is 56.7 Å². The Morgan fingerprint density at radius 1 is 1.15 bits per heavy atom. The van der Waals surface area contributed by atoms with E-state index >= 15 is 0 Å². The first-order valence-corrected chi connectivity index (χ1v) is 7.42. The molecule has 2 bridgehead atoms. The highest BCUT2D eigenvalue weighted by Crippen LogP contribution is 2.28. The first-order valence-electron chi connectivity index (χ1n) is 7.42. The zero-order valence-corrected chi connectivity index (χ0v) is 12.5. The average Bonchev–Trinajstić information content (AvgIpc) is 2.76. The molecule has 2 nitrogen and oxygen atoms in total. The van der Waals surface area contributed by atoms with Crippen molar-refractivity contribution in [1.82, 2.24) is 5.32 Å². The number of rotatable bonds is 5. The summed E-state index contributed by atoms with van der Waals surface area (Å²) < 4.78 is 19.4. The number of nitrogens with one attached hydrogen (secondary N) is 1. The van der Waals surface area contributed by atoms with Gasteiger partial charge in [-0.3, -0.25) is 0 Å². The van der Waals surface area contributed by atoms with Gasteiger partial charge in [0.15, 0.2) is 0 Å². The first-order chi connectivity index (χ1) is 9.31. The fourth-order valence-electron chi connectivity index (χ4n) is 3.35. The molecule has 2 heterocycles. The van der Waals surface area contributed by atoms with Gasteiger partial charge in [-0.1, -0.05) is 18.2 Å². The summed E-state index contributed by atoms with van der Waals surface area (Å²) >= 11 is 0. The zero-order valence-electron chi connectivity index (χ0n) is 11.7. The van der Waals surface area contributed by atoms with Crippen molar-refractivity contribution >= 4 is 12.4 Å². The predicted molar refractivity (Wildman–Crippen MR) is 80.9 cm³/mol. The predicted octanol–water partition coefficient (Wildman–Crippen LogP) is 3.48. The molecule has 0 radical (unpaired) electrons. The quantitative estimate of drug-likeness (QED) is 0.841. The number of halogens is 2. The summed E-state index contributed by atoms with van der Waals surface area (Å²) in [7, 11) is 0. The van der Waals surface area contributed by atoms with Crippen LogP contribution in [0.5, 0.6) is 0 Å². The molecule has 2 saturated heterocycles. The molecule has 3 atom stereocenters. The van der Waals surface area contributed by atoms with Crippen molar-refractivity contribution in [3.8, 4) is 0 Å². The smallest absolute Gasteiger partial charge is 0.126 e. The van der Waals surface area contributed by atoms with Crippen LogP contribution in [-0.2, 0) is 11.2 Å². The van der Waals surface area contributed by atoms with Gasteiger partial charge in [0.25, 0.3) is 0 Å². The third kappa shape index (κ3) is 3.94. The van der Waals surface area contributed by atoms with Crippen LogP contribution in [0, 0.1) is 5.82 Å². The number of benzene rings is 1. The molecule has 0 saturated carbocycles. The molecule has 2 fully saturated rings. The Labute approximate surface area is 126 Å². The van der Waals surface area contributed by atoms with Crippen LogP contribution in [0.1, 0.15) is 37.7 Å². The maximum absolute atomic E-state index is 13.4. The second kappa shape index (κ2) is 7.39. The average molecular weight is 300 g/mol. The molecule has 2 aliphatic rings. The summed E-state index contributed by atoms with van der Waals surface area (Å²) in [6, 6.07) is 8.37. The van der Waals surface area contributed by atoms with Gasteiger partial charge in [-0.15, -0.1) is 12.4 Å². The van der Waals surface area contributed by atoms with Crippen molar-refractivity contribution in [1.29, 1.82) is 0 Å². The Hall–Kier alpha value is -0.640. The highest BCUT2D eigenvalue weighted by atomic mass is 35.5. The number of piperidine rings is 1. The van der Waals surface area contributed by atoms with E-state index in [0.29, 0.717) is 18.2 Å². The van der Waals surface area contributed by atoms with Crippen molar-refractivity contribution in [2.75, 3.05) is 6.61 Å². The molecule has 1 N–H and O–H groups in total. The molecule has 4 heteroatoms. The van der Waals surface area contributed by atoms with Crippen molar-refractivity contribution in [3.05, 3.63) is 35.6 Å². The molecular weight excluding hydrogens is 277 g/mol. The number of hydrogen-bond acceptors (Lipinski definition) is 2. The van der Waals surface area contributed by atoms with E-state index in [1.54, 1.807) is 6.07 Å².